The summed E-state index contributed by atoms with van der Waals surface area (Å²) in [5.41, 5.74) is 0. The fraction of sp³-hybridized carbons (Fsp3) is 0.625. The number of carbonyl (C=O) groups is 3. The molecular weight excluding hydrogens is 188 g/mol. The van der Waals surface area contributed by atoms with E-state index in [1.54, 1.807) is 0 Å². The maximum absolute atomic E-state index is 11.1. The number of carboxylic acid groups (broad SMARTS) is 1. The van der Waals surface area contributed by atoms with Crippen molar-refractivity contribution >= 4 is 17.8 Å². The van der Waals surface area contributed by atoms with Gasteiger partial charge in [0.25, 0.3) is 0 Å². The van der Waals surface area contributed by atoms with Crippen LogP contribution in [0.5, 0.6) is 0 Å². The number of aliphatic carboxylic acids is 1. The van der Waals surface area contributed by atoms with Crippen LogP contribution in [0, 0.1) is 0 Å². The number of nitrogens with one attached hydrogen (secondary N) is 2. The molecule has 0 bridgehead atoms. The van der Waals surface area contributed by atoms with E-state index in [4.69, 9.17) is 5.11 Å². The Bertz CT molecular complexity index is 264. The zero-order valence-electron chi connectivity index (χ0n) is 7.58. The van der Waals surface area contributed by atoms with Crippen molar-refractivity contribution in [1.82, 2.24) is 10.6 Å². The van der Waals surface area contributed by atoms with Crippen molar-refractivity contribution in [1.29, 1.82) is 0 Å². The first-order valence-electron chi connectivity index (χ1n) is 4.36. The quantitative estimate of drug-likeness (QED) is 0.534. The van der Waals surface area contributed by atoms with Gasteiger partial charge in [0.2, 0.25) is 11.8 Å². The van der Waals surface area contributed by atoms with Gasteiger partial charge in [-0.05, 0) is 0 Å². The van der Waals surface area contributed by atoms with Gasteiger partial charge in [0.15, 0.2) is 0 Å². The third-order valence-corrected chi connectivity index (χ3v) is 1.91. The molecule has 78 valence electrons. The van der Waals surface area contributed by atoms with Crippen LogP contribution in [0.3, 0.4) is 0 Å². The zero-order valence-corrected chi connectivity index (χ0v) is 7.58. The van der Waals surface area contributed by atoms with E-state index in [0.29, 0.717) is 6.54 Å². The molecule has 6 heteroatoms. The molecule has 1 aliphatic heterocycles. The Labute approximate surface area is 80.7 Å². The normalized spacial score (nSPS) is 20.3. The summed E-state index contributed by atoms with van der Waals surface area (Å²) < 4.78 is 0. The average Bonchev–Trinajstić information content (AvgIpc) is 2.48. The van der Waals surface area contributed by atoms with Gasteiger partial charge in [0, 0.05) is 19.4 Å². The predicted molar refractivity (Wildman–Crippen MR) is 46.4 cm³/mol. The molecule has 3 N–H and O–H groups in total. The lowest BCUT2D eigenvalue weighted by atomic mass is 10.2. The Kier molecular flexibility index (Phi) is 3.44. The van der Waals surface area contributed by atoms with Crippen molar-refractivity contribution in [3.63, 3.8) is 0 Å². The molecule has 0 aromatic carbocycles. The first kappa shape index (κ1) is 10.5. The van der Waals surface area contributed by atoms with E-state index < -0.39 is 5.97 Å². The molecule has 2 amide bonds. The van der Waals surface area contributed by atoms with Crippen LogP contribution in [-0.4, -0.2) is 35.5 Å². The first-order chi connectivity index (χ1) is 6.58. The van der Waals surface area contributed by atoms with Gasteiger partial charge in [-0.15, -0.1) is 0 Å². The molecule has 0 aliphatic carbocycles. The van der Waals surface area contributed by atoms with E-state index >= 15 is 0 Å². The monoisotopic (exact) mass is 200 g/mol. The number of hydrogen-bond acceptors (Lipinski definition) is 3. The summed E-state index contributed by atoms with van der Waals surface area (Å²) in [6.45, 7) is 0.428. The van der Waals surface area contributed by atoms with Crippen molar-refractivity contribution < 1.29 is 19.5 Å². The molecule has 1 aliphatic rings. The van der Waals surface area contributed by atoms with E-state index in [2.05, 4.69) is 10.6 Å². The van der Waals surface area contributed by atoms with Crippen LogP contribution in [0.1, 0.15) is 19.3 Å². The summed E-state index contributed by atoms with van der Waals surface area (Å²) in [6, 6.07) is -0.191. The highest BCUT2D eigenvalue weighted by Crippen LogP contribution is 2.00. The molecule has 1 atom stereocenters. The maximum atomic E-state index is 11.1. The molecule has 1 rings (SSSR count). The molecule has 1 saturated heterocycles. The molecule has 0 spiro atoms. The minimum atomic E-state index is -0.999. The molecule has 0 saturated carbocycles. The van der Waals surface area contributed by atoms with E-state index in [-0.39, 0.29) is 37.1 Å². The van der Waals surface area contributed by atoms with Crippen molar-refractivity contribution in [2.75, 3.05) is 6.54 Å². The fourth-order valence-corrected chi connectivity index (χ4v) is 1.23. The minimum Gasteiger partial charge on any atom is -0.481 e. The van der Waals surface area contributed by atoms with Crippen LogP contribution in [0.25, 0.3) is 0 Å². The van der Waals surface area contributed by atoms with Crippen molar-refractivity contribution in [3.8, 4) is 0 Å². The SMILES string of the molecule is O=C(O)CCC(=O)NC1CNC(=O)C1. The van der Waals surface area contributed by atoms with Gasteiger partial charge in [-0.1, -0.05) is 0 Å². The summed E-state index contributed by atoms with van der Waals surface area (Å²) in [5.74, 6) is -1.41. The summed E-state index contributed by atoms with van der Waals surface area (Å²) >= 11 is 0. The number of amides is 2. The van der Waals surface area contributed by atoms with Crippen LogP contribution in [0.2, 0.25) is 0 Å². The smallest absolute Gasteiger partial charge is 0.303 e. The number of carbonyl (C=O) groups excluding carboxylic acids is 2. The average molecular weight is 200 g/mol. The van der Waals surface area contributed by atoms with Gasteiger partial charge in [-0.25, -0.2) is 0 Å². The highest BCUT2D eigenvalue weighted by Gasteiger charge is 2.22. The largest absolute Gasteiger partial charge is 0.481 e. The van der Waals surface area contributed by atoms with Gasteiger partial charge < -0.3 is 15.7 Å². The Morgan fingerprint density at radius 2 is 2.21 bits per heavy atom. The molecule has 6 nitrogen and oxygen atoms in total. The summed E-state index contributed by atoms with van der Waals surface area (Å²) in [6.07, 6.45) is 0.0543. The van der Waals surface area contributed by atoms with E-state index in [9.17, 15) is 14.4 Å². The van der Waals surface area contributed by atoms with Crippen LogP contribution in [0.15, 0.2) is 0 Å². The van der Waals surface area contributed by atoms with Gasteiger partial charge in [0.1, 0.15) is 0 Å². The molecule has 1 heterocycles. The van der Waals surface area contributed by atoms with E-state index in [0.717, 1.165) is 0 Å². The number of rotatable bonds is 4. The molecule has 0 aromatic rings. The van der Waals surface area contributed by atoms with Crippen LogP contribution in [0.4, 0.5) is 0 Å². The lowest BCUT2D eigenvalue weighted by molar-refractivity contribution is -0.139. The topological polar surface area (TPSA) is 95.5 Å². The number of carboxylic acids is 1. The molecule has 0 radical (unpaired) electrons. The standard InChI is InChI=1S/C8H12N2O4/c11-6(1-2-8(13)14)10-5-3-7(12)9-4-5/h5H,1-4H2,(H,9,12)(H,10,11)(H,13,14). The summed E-state index contributed by atoms with van der Waals surface area (Å²) in [5, 5.41) is 13.5. The summed E-state index contributed by atoms with van der Waals surface area (Å²) in [7, 11) is 0. The number of hydrogen-bond donors (Lipinski definition) is 3. The highest BCUT2D eigenvalue weighted by atomic mass is 16.4. The van der Waals surface area contributed by atoms with Gasteiger partial charge in [0.05, 0.1) is 12.5 Å². The third-order valence-electron chi connectivity index (χ3n) is 1.91. The maximum Gasteiger partial charge on any atom is 0.303 e. The second-order valence-electron chi connectivity index (χ2n) is 3.17. The van der Waals surface area contributed by atoms with Crippen molar-refractivity contribution in [2.45, 2.75) is 25.3 Å². The fourth-order valence-electron chi connectivity index (χ4n) is 1.23. The second kappa shape index (κ2) is 4.59. The zero-order chi connectivity index (χ0) is 10.6. The van der Waals surface area contributed by atoms with Crippen LogP contribution < -0.4 is 10.6 Å². The van der Waals surface area contributed by atoms with Crippen molar-refractivity contribution in [2.24, 2.45) is 0 Å². The van der Waals surface area contributed by atoms with Crippen LogP contribution in [-0.2, 0) is 14.4 Å². The summed E-state index contributed by atoms with van der Waals surface area (Å²) in [4.78, 5) is 32.0. The molecule has 1 fully saturated rings. The molecule has 14 heavy (non-hydrogen) atoms. The molecule has 1 unspecified atom stereocenters. The predicted octanol–water partition coefficient (Wildman–Crippen LogP) is -1.14. The van der Waals surface area contributed by atoms with Gasteiger partial charge in [-0.2, -0.15) is 0 Å². The lowest BCUT2D eigenvalue weighted by Crippen LogP contribution is -2.36. The minimum absolute atomic E-state index is 0.0416. The third kappa shape index (κ3) is 3.42. The van der Waals surface area contributed by atoms with Crippen LogP contribution >= 0.6 is 0 Å². The Morgan fingerprint density at radius 3 is 2.71 bits per heavy atom. The molecular formula is C8H12N2O4. The van der Waals surface area contributed by atoms with Gasteiger partial charge in [-0.3, -0.25) is 14.4 Å². The Morgan fingerprint density at radius 1 is 1.50 bits per heavy atom. The first-order valence-corrected chi connectivity index (χ1v) is 4.36. The highest BCUT2D eigenvalue weighted by molar-refractivity contribution is 5.83. The Hall–Kier alpha value is -1.59. The Balaban J connectivity index is 2.20. The lowest BCUT2D eigenvalue weighted by Gasteiger charge is -2.08. The molecule has 0 aromatic heterocycles. The second-order valence-corrected chi connectivity index (χ2v) is 3.17. The van der Waals surface area contributed by atoms with E-state index in [1.807, 2.05) is 0 Å². The van der Waals surface area contributed by atoms with Crippen molar-refractivity contribution in [3.05, 3.63) is 0 Å². The van der Waals surface area contributed by atoms with Gasteiger partial charge >= 0.3 is 5.97 Å². The van der Waals surface area contributed by atoms with E-state index in [1.165, 1.54) is 0 Å².